The van der Waals surface area contributed by atoms with Gasteiger partial charge in [-0.1, -0.05) is 143 Å². The van der Waals surface area contributed by atoms with Gasteiger partial charge in [0.15, 0.2) is 0 Å². The molecule has 0 spiro atoms. The first-order chi connectivity index (χ1) is 24.2. The number of aromatic nitrogens is 4. The molecule has 0 saturated carbocycles. The van der Waals surface area contributed by atoms with E-state index in [1.165, 1.54) is 33.3 Å². The van der Waals surface area contributed by atoms with Crippen LogP contribution in [0.2, 0.25) is 33.2 Å². The monoisotopic (exact) mass is 722 g/mol. The lowest BCUT2D eigenvalue weighted by molar-refractivity contribution is 0.838. The number of hydrogen-bond acceptors (Lipinski definition) is 5. The summed E-state index contributed by atoms with van der Waals surface area (Å²) in [4.78, 5) is 11.3. The maximum absolute atomic E-state index is 5.63. The lowest BCUT2D eigenvalue weighted by atomic mass is 9.92. The highest BCUT2D eigenvalue weighted by Crippen LogP contribution is 2.44. The van der Waals surface area contributed by atoms with Crippen LogP contribution in [0.1, 0.15) is 94.2 Å². The number of hydrogen-bond donors (Lipinski definition) is 0. The van der Waals surface area contributed by atoms with Crippen LogP contribution in [0.4, 0.5) is 0 Å². The quantitative estimate of drug-likeness (QED) is 0.0742. The predicted molar refractivity (Wildman–Crippen MR) is 228 cm³/mol. The summed E-state index contributed by atoms with van der Waals surface area (Å²) in [5.41, 5.74) is 17.7. The molecular weight excluding hydrogens is 673 g/mol. The van der Waals surface area contributed by atoms with Crippen LogP contribution in [0.5, 0.6) is 0 Å². The van der Waals surface area contributed by atoms with Crippen LogP contribution in [0.3, 0.4) is 0 Å². The van der Waals surface area contributed by atoms with Crippen molar-refractivity contribution in [2.45, 2.75) is 116 Å². The molecule has 7 aromatic rings. The van der Waals surface area contributed by atoms with E-state index in [0.29, 0.717) is 33.2 Å². The van der Waals surface area contributed by atoms with Crippen LogP contribution in [-0.2, 0) is 0 Å². The van der Waals surface area contributed by atoms with E-state index in [1.54, 1.807) is 0 Å². The Morgan fingerprint density at radius 3 is 1.14 bits per heavy atom. The Bertz CT molecular complexity index is 2370. The molecule has 0 aliphatic heterocycles. The van der Waals surface area contributed by atoms with E-state index in [9.17, 15) is 0 Å². The molecule has 2 aromatic heterocycles. The lowest BCUT2D eigenvalue weighted by Crippen LogP contribution is -2.43. The molecule has 2 heterocycles. The third kappa shape index (κ3) is 5.22. The minimum absolute atomic E-state index is 0.500. The van der Waals surface area contributed by atoms with Crippen LogP contribution in [0.25, 0.3) is 65.4 Å². The van der Waals surface area contributed by atoms with Crippen molar-refractivity contribution in [3.8, 4) is 22.9 Å². The van der Waals surface area contributed by atoms with Crippen LogP contribution in [0, 0.1) is 22.9 Å². The minimum Gasteiger partial charge on any atom is -0.242 e. The van der Waals surface area contributed by atoms with Crippen molar-refractivity contribution in [1.82, 2.24) is 18.7 Å². The SMILES string of the molecule is CC(C)[Si](C#Cc1c2nsnc2c(C#C[Si](C(C)C)(C(C)C)C(C)C)c2nc3c4cccc5ccc6cccc(c3nc12)c6c54)(C(C)C)C(C)C. The highest BCUT2D eigenvalue weighted by Gasteiger charge is 2.43. The molecule has 0 N–H and O–H groups in total. The maximum atomic E-state index is 5.63. The number of benzene rings is 5. The van der Waals surface area contributed by atoms with Crippen LogP contribution in [0.15, 0.2) is 48.5 Å². The normalized spacial score (nSPS) is 13.1. The van der Waals surface area contributed by atoms with E-state index in [-0.39, 0.29) is 0 Å². The molecular formula is C44H50N4SSi2. The average molecular weight is 723 g/mol. The van der Waals surface area contributed by atoms with Gasteiger partial charge < -0.3 is 0 Å². The van der Waals surface area contributed by atoms with E-state index < -0.39 is 16.1 Å². The number of nitrogens with zero attached hydrogens (tertiary/aromatic N) is 4. The van der Waals surface area contributed by atoms with Gasteiger partial charge in [0.1, 0.15) is 38.2 Å². The molecule has 0 aliphatic carbocycles. The molecule has 0 saturated heterocycles. The standard InChI is InChI=1S/C44H50N4SSi2/c1-25(2)50(26(3)4,27(5)6)23-21-35-41-42(36(44-43(35)47-49-48-44)22-24-51(28(7)8,29(9)10)30(11)12)46-40-34-18-14-16-32-20-19-31-15-13-17-33(39(40)45-41)37(31)38(32)34/h13-20,25-30H,1-12H3. The fraction of sp³-hybridized carbons (Fsp3) is 0.409. The summed E-state index contributed by atoms with van der Waals surface area (Å²) in [5, 5.41) is 7.14. The molecule has 0 aliphatic rings. The highest BCUT2D eigenvalue weighted by molar-refractivity contribution is 7.00. The van der Waals surface area contributed by atoms with Crippen molar-refractivity contribution in [2.24, 2.45) is 0 Å². The third-order valence-corrected chi connectivity index (χ3v) is 25.4. The van der Waals surface area contributed by atoms with Gasteiger partial charge in [0.25, 0.3) is 0 Å². The van der Waals surface area contributed by atoms with Crippen molar-refractivity contribution in [3.05, 3.63) is 59.7 Å². The molecule has 0 bridgehead atoms. The second-order valence-electron chi connectivity index (χ2n) is 16.5. The highest BCUT2D eigenvalue weighted by atomic mass is 32.1. The van der Waals surface area contributed by atoms with Gasteiger partial charge in [0.2, 0.25) is 0 Å². The zero-order chi connectivity index (χ0) is 36.6. The first-order valence-electron chi connectivity index (χ1n) is 18.8. The van der Waals surface area contributed by atoms with E-state index in [4.69, 9.17) is 18.7 Å². The minimum atomic E-state index is -2.08. The fourth-order valence-corrected chi connectivity index (χ4v) is 20.9. The first kappa shape index (κ1) is 35.5. The topological polar surface area (TPSA) is 51.6 Å². The van der Waals surface area contributed by atoms with Crippen LogP contribution < -0.4 is 0 Å². The predicted octanol–water partition coefficient (Wildman–Crippen LogP) is 12.8. The van der Waals surface area contributed by atoms with Crippen LogP contribution in [-0.4, -0.2) is 34.9 Å². The van der Waals surface area contributed by atoms with Gasteiger partial charge in [0.05, 0.1) is 33.9 Å². The zero-order valence-electron chi connectivity index (χ0n) is 32.3. The molecule has 0 atom stereocenters. The second-order valence-corrected chi connectivity index (χ2v) is 28.2. The first-order valence-corrected chi connectivity index (χ1v) is 24.0. The summed E-state index contributed by atoms with van der Waals surface area (Å²) >= 11 is 1.24. The van der Waals surface area contributed by atoms with E-state index in [2.05, 4.69) is 155 Å². The van der Waals surface area contributed by atoms with Gasteiger partial charge in [-0.3, -0.25) is 0 Å². The van der Waals surface area contributed by atoms with Crippen molar-refractivity contribution < 1.29 is 0 Å². The van der Waals surface area contributed by atoms with E-state index >= 15 is 0 Å². The second kappa shape index (κ2) is 13.0. The van der Waals surface area contributed by atoms with Gasteiger partial charge in [-0.05, 0) is 54.8 Å². The average Bonchev–Trinajstić information content (AvgIpc) is 3.56. The van der Waals surface area contributed by atoms with E-state index in [0.717, 1.165) is 55.0 Å². The summed E-state index contributed by atoms with van der Waals surface area (Å²) < 4.78 is 9.90. The summed E-state index contributed by atoms with van der Waals surface area (Å²) in [6, 6.07) is 17.5. The molecule has 5 aromatic carbocycles. The van der Waals surface area contributed by atoms with Crippen molar-refractivity contribution >= 4 is 93.3 Å². The summed E-state index contributed by atoms with van der Waals surface area (Å²) in [5.74, 6) is 7.60. The Hall–Kier alpha value is -3.89. The maximum Gasteiger partial charge on any atom is 0.146 e. The lowest BCUT2D eigenvalue weighted by Gasteiger charge is -2.38. The summed E-state index contributed by atoms with van der Waals surface area (Å²) in [7, 11) is -4.16. The molecule has 0 unspecified atom stereocenters. The van der Waals surface area contributed by atoms with Crippen molar-refractivity contribution in [2.75, 3.05) is 0 Å². The number of rotatable bonds is 6. The van der Waals surface area contributed by atoms with Gasteiger partial charge in [-0.2, -0.15) is 8.75 Å². The van der Waals surface area contributed by atoms with Gasteiger partial charge >= 0.3 is 0 Å². The van der Waals surface area contributed by atoms with Gasteiger partial charge in [-0.25, -0.2) is 9.97 Å². The summed E-state index contributed by atoms with van der Waals surface area (Å²) in [6.45, 7) is 28.3. The van der Waals surface area contributed by atoms with Gasteiger partial charge in [0, 0.05) is 10.8 Å². The number of fused-ring (bicyclic) bond motifs is 5. The van der Waals surface area contributed by atoms with Gasteiger partial charge in [-0.15, -0.1) is 11.1 Å². The van der Waals surface area contributed by atoms with Crippen molar-refractivity contribution in [3.63, 3.8) is 0 Å². The summed E-state index contributed by atoms with van der Waals surface area (Å²) in [6.07, 6.45) is 0. The molecule has 7 rings (SSSR count). The molecule has 260 valence electrons. The Balaban J connectivity index is 1.70. The smallest absolute Gasteiger partial charge is 0.146 e. The molecule has 4 nitrogen and oxygen atoms in total. The molecule has 7 heteroatoms. The molecule has 0 amide bonds. The van der Waals surface area contributed by atoms with Crippen LogP contribution >= 0.6 is 11.7 Å². The van der Waals surface area contributed by atoms with Crippen molar-refractivity contribution in [1.29, 1.82) is 0 Å². The Morgan fingerprint density at radius 2 is 0.804 bits per heavy atom. The largest absolute Gasteiger partial charge is 0.242 e. The fourth-order valence-electron chi connectivity index (χ4n) is 9.90. The zero-order valence-corrected chi connectivity index (χ0v) is 35.1. The van der Waals surface area contributed by atoms with E-state index in [1.807, 2.05) is 0 Å². The molecule has 0 radical (unpaired) electrons. The Morgan fingerprint density at radius 1 is 0.451 bits per heavy atom. The third-order valence-electron chi connectivity index (χ3n) is 12.3. The Labute approximate surface area is 309 Å². The molecule has 0 fully saturated rings. The molecule has 51 heavy (non-hydrogen) atoms. The Kier molecular flexibility index (Phi) is 9.02.